The summed E-state index contributed by atoms with van der Waals surface area (Å²) in [5, 5.41) is 3.81. The molecule has 1 saturated heterocycles. The molecule has 1 aliphatic heterocycles. The predicted octanol–water partition coefficient (Wildman–Crippen LogP) is 2.74. The van der Waals surface area contributed by atoms with Crippen LogP contribution in [0.3, 0.4) is 0 Å². The fraction of sp³-hybridized carbons (Fsp3) is 1.00. The van der Waals surface area contributed by atoms with E-state index >= 15 is 0 Å². The van der Waals surface area contributed by atoms with Crippen LogP contribution in [0.2, 0.25) is 0 Å². The fourth-order valence-corrected chi connectivity index (χ4v) is 6.36. The molecule has 1 N–H and O–H groups in total. The minimum atomic E-state index is 0.303. The first-order chi connectivity index (χ1) is 9.02. The molecular weight excluding hydrogens is 232 g/mol. The average molecular weight is 262 g/mol. The molecule has 19 heavy (non-hydrogen) atoms. The summed E-state index contributed by atoms with van der Waals surface area (Å²) in [6, 6.07) is 0.808. The van der Waals surface area contributed by atoms with E-state index in [1.54, 1.807) is 32.1 Å². The lowest BCUT2D eigenvalue weighted by Gasteiger charge is -2.59. The van der Waals surface area contributed by atoms with E-state index in [1.807, 2.05) is 0 Å². The van der Waals surface area contributed by atoms with E-state index in [2.05, 4.69) is 31.1 Å². The van der Waals surface area contributed by atoms with Gasteiger partial charge >= 0.3 is 0 Å². The third-order valence-electron chi connectivity index (χ3n) is 6.74. The van der Waals surface area contributed by atoms with Gasteiger partial charge in [-0.25, -0.2) is 0 Å². The number of hydrogen-bond acceptors (Lipinski definition) is 2. The van der Waals surface area contributed by atoms with E-state index in [1.165, 1.54) is 13.1 Å². The first kappa shape index (κ1) is 12.6. The van der Waals surface area contributed by atoms with Gasteiger partial charge in [0.1, 0.15) is 0 Å². The molecule has 0 aromatic rings. The molecule has 0 spiro atoms. The number of piperazine rings is 1. The molecule has 1 unspecified atom stereocenters. The van der Waals surface area contributed by atoms with Crippen molar-refractivity contribution in [3.05, 3.63) is 0 Å². The van der Waals surface area contributed by atoms with Crippen molar-refractivity contribution in [2.45, 2.75) is 57.5 Å². The molecule has 5 rings (SSSR count). The summed E-state index contributed by atoms with van der Waals surface area (Å²) in [6.45, 7) is 7.12. The van der Waals surface area contributed by atoms with Crippen LogP contribution in [0.5, 0.6) is 0 Å². The van der Waals surface area contributed by atoms with Crippen molar-refractivity contribution in [1.29, 1.82) is 0 Å². The van der Waals surface area contributed by atoms with Crippen molar-refractivity contribution >= 4 is 0 Å². The number of nitrogens with one attached hydrogen (secondary N) is 1. The Bertz CT molecular complexity index is 334. The third kappa shape index (κ3) is 2.06. The molecule has 0 aromatic carbocycles. The lowest BCUT2D eigenvalue weighted by Crippen LogP contribution is -2.65. The lowest BCUT2D eigenvalue weighted by atomic mass is 9.50. The van der Waals surface area contributed by atoms with Crippen LogP contribution in [-0.4, -0.2) is 36.6 Å². The summed E-state index contributed by atoms with van der Waals surface area (Å²) in [5.74, 6) is 5.34. The second-order valence-corrected chi connectivity index (χ2v) is 8.76. The quantitative estimate of drug-likeness (QED) is 0.782. The zero-order chi connectivity index (χ0) is 13.2. The minimum absolute atomic E-state index is 0.303. The van der Waals surface area contributed by atoms with Gasteiger partial charge in [0.25, 0.3) is 0 Å². The van der Waals surface area contributed by atoms with Crippen LogP contribution in [0.4, 0.5) is 0 Å². The predicted molar refractivity (Wildman–Crippen MR) is 79.0 cm³/mol. The summed E-state index contributed by atoms with van der Waals surface area (Å²) < 4.78 is 0. The molecule has 4 saturated carbocycles. The number of nitrogens with zero attached hydrogens (tertiary/aromatic N) is 1. The van der Waals surface area contributed by atoms with Crippen molar-refractivity contribution in [3.63, 3.8) is 0 Å². The molecule has 5 fully saturated rings. The molecule has 0 amide bonds. The normalized spacial score (nSPS) is 52.6. The average Bonchev–Trinajstić information content (AvgIpc) is 2.29. The van der Waals surface area contributed by atoms with Crippen molar-refractivity contribution < 1.29 is 0 Å². The van der Waals surface area contributed by atoms with E-state index in [0.717, 1.165) is 35.6 Å². The largest absolute Gasteiger partial charge is 0.309 e. The van der Waals surface area contributed by atoms with Gasteiger partial charge < -0.3 is 10.2 Å². The molecule has 2 nitrogen and oxygen atoms in total. The summed E-state index contributed by atoms with van der Waals surface area (Å²) in [6.07, 6.45) is 7.82. The van der Waals surface area contributed by atoms with Crippen LogP contribution >= 0.6 is 0 Å². The highest BCUT2D eigenvalue weighted by atomic mass is 15.2. The molecular formula is C17H30N2. The van der Waals surface area contributed by atoms with Crippen LogP contribution in [0.25, 0.3) is 0 Å². The Morgan fingerprint density at radius 1 is 0.947 bits per heavy atom. The molecule has 108 valence electrons. The van der Waals surface area contributed by atoms with Crippen molar-refractivity contribution in [2.75, 3.05) is 20.1 Å². The van der Waals surface area contributed by atoms with Crippen molar-refractivity contribution in [1.82, 2.24) is 10.2 Å². The van der Waals surface area contributed by atoms with Gasteiger partial charge in [-0.05, 0) is 82.6 Å². The van der Waals surface area contributed by atoms with E-state index in [-0.39, 0.29) is 0 Å². The Balaban J connectivity index is 1.53. The molecule has 5 aliphatic rings. The van der Waals surface area contributed by atoms with Crippen LogP contribution < -0.4 is 5.32 Å². The van der Waals surface area contributed by atoms with Gasteiger partial charge in [-0.1, -0.05) is 0 Å². The van der Waals surface area contributed by atoms with E-state index in [4.69, 9.17) is 0 Å². The second-order valence-electron chi connectivity index (χ2n) is 8.76. The van der Waals surface area contributed by atoms with Gasteiger partial charge in [0.05, 0.1) is 0 Å². The fourth-order valence-electron chi connectivity index (χ4n) is 6.36. The highest BCUT2D eigenvalue weighted by Gasteiger charge is 2.52. The second kappa shape index (κ2) is 4.21. The first-order valence-corrected chi connectivity index (χ1v) is 8.47. The van der Waals surface area contributed by atoms with E-state index in [9.17, 15) is 0 Å². The van der Waals surface area contributed by atoms with Gasteiger partial charge in [0.2, 0.25) is 0 Å². The van der Waals surface area contributed by atoms with Gasteiger partial charge in [-0.15, -0.1) is 0 Å². The maximum absolute atomic E-state index is 3.81. The monoisotopic (exact) mass is 262 g/mol. The van der Waals surface area contributed by atoms with Crippen LogP contribution in [0.1, 0.15) is 46.0 Å². The number of hydrogen-bond donors (Lipinski definition) is 1. The van der Waals surface area contributed by atoms with Crippen molar-refractivity contribution in [3.8, 4) is 0 Å². The molecule has 4 aliphatic carbocycles. The molecule has 1 heterocycles. The standard InChI is InChI=1S/C17H30N2/c1-17(2)10-19(3)15(9-18-17)16-13-5-11-4-12(7-13)8-14(16)6-11/h11-16,18H,4-10H2,1-3H3. The summed E-state index contributed by atoms with van der Waals surface area (Å²) >= 11 is 0. The van der Waals surface area contributed by atoms with Crippen LogP contribution in [0.15, 0.2) is 0 Å². The van der Waals surface area contributed by atoms with Gasteiger partial charge in [0, 0.05) is 24.7 Å². The van der Waals surface area contributed by atoms with Gasteiger partial charge in [-0.3, -0.25) is 0 Å². The number of rotatable bonds is 1. The molecule has 2 heteroatoms. The summed E-state index contributed by atoms with van der Waals surface area (Å²) in [7, 11) is 2.37. The molecule has 1 atom stereocenters. The zero-order valence-electron chi connectivity index (χ0n) is 12.9. The number of likely N-dealkylation sites (N-methyl/N-ethyl adjacent to an activating group) is 1. The highest BCUT2D eigenvalue weighted by molar-refractivity contribution is 5.04. The maximum atomic E-state index is 3.81. The molecule has 0 radical (unpaired) electrons. The highest BCUT2D eigenvalue weighted by Crippen LogP contribution is 2.57. The van der Waals surface area contributed by atoms with Crippen LogP contribution in [-0.2, 0) is 0 Å². The topological polar surface area (TPSA) is 15.3 Å². The maximum Gasteiger partial charge on any atom is 0.0252 e. The Morgan fingerprint density at radius 3 is 2.05 bits per heavy atom. The molecule has 0 aromatic heterocycles. The third-order valence-corrected chi connectivity index (χ3v) is 6.74. The van der Waals surface area contributed by atoms with Gasteiger partial charge in [0.15, 0.2) is 0 Å². The Labute approximate surface area is 118 Å². The minimum Gasteiger partial charge on any atom is -0.309 e. The first-order valence-electron chi connectivity index (χ1n) is 8.47. The zero-order valence-corrected chi connectivity index (χ0v) is 12.9. The van der Waals surface area contributed by atoms with Gasteiger partial charge in [-0.2, -0.15) is 0 Å². The van der Waals surface area contributed by atoms with Crippen molar-refractivity contribution in [2.24, 2.45) is 29.6 Å². The van der Waals surface area contributed by atoms with E-state index in [0.29, 0.717) is 5.54 Å². The Morgan fingerprint density at radius 2 is 1.53 bits per heavy atom. The Hall–Kier alpha value is -0.0800. The van der Waals surface area contributed by atoms with E-state index < -0.39 is 0 Å². The lowest BCUT2D eigenvalue weighted by molar-refractivity contribution is -0.0808. The SMILES string of the molecule is CN1CC(C)(C)NCC1C1C2CC3CC(C2)CC1C3. The Kier molecular flexibility index (Phi) is 2.80. The molecule has 4 bridgehead atoms. The smallest absolute Gasteiger partial charge is 0.0252 e. The summed E-state index contributed by atoms with van der Waals surface area (Å²) in [4.78, 5) is 2.68. The van der Waals surface area contributed by atoms with Crippen LogP contribution in [0, 0.1) is 29.6 Å². The summed E-state index contributed by atoms with van der Waals surface area (Å²) in [5.41, 5.74) is 0.303.